The first-order valence-corrected chi connectivity index (χ1v) is 10.5. The fraction of sp³-hybridized carbons (Fsp3) is 0.267. The number of nitrogens with one attached hydrogen (secondary N) is 5. The van der Waals surface area contributed by atoms with E-state index in [4.69, 9.17) is 24.4 Å². The summed E-state index contributed by atoms with van der Waals surface area (Å²) in [5.74, 6) is -0.189. The second-order valence-electron chi connectivity index (χ2n) is 5.88. The highest BCUT2D eigenvalue weighted by Gasteiger charge is 2.30. The fourth-order valence-electron chi connectivity index (χ4n) is 2.74. The van der Waals surface area contributed by atoms with Crippen molar-refractivity contribution in [3.05, 3.63) is 18.3 Å². The van der Waals surface area contributed by atoms with Gasteiger partial charge in [-0.15, -0.1) is 0 Å². The van der Waals surface area contributed by atoms with Gasteiger partial charge in [0, 0.05) is 18.5 Å². The fourth-order valence-corrected chi connectivity index (χ4v) is 5.14. The average molecular weight is 439 g/mol. The molecule has 0 saturated carbocycles. The summed E-state index contributed by atoms with van der Waals surface area (Å²) < 4.78 is 0.991. The summed E-state index contributed by atoms with van der Waals surface area (Å²) in [6.45, 7) is 0.852. The molecule has 0 spiro atoms. The highest BCUT2D eigenvalue weighted by Crippen LogP contribution is 2.30. The summed E-state index contributed by atoms with van der Waals surface area (Å²) in [6, 6.07) is 3.87. The van der Waals surface area contributed by atoms with Crippen molar-refractivity contribution in [2.45, 2.75) is 10.5 Å². The highest BCUT2D eigenvalue weighted by molar-refractivity contribution is 8.24. The molecule has 3 heterocycles. The van der Waals surface area contributed by atoms with Crippen molar-refractivity contribution in [1.29, 1.82) is 0 Å². The quantitative estimate of drug-likeness (QED) is 0.428. The summed E-state index contributed by atoms with van der Waals surface area (Å²) in [6.07, 6.45) is 1.73. The number of H-pyrrole nitrogens is 1. The zero-order valence-corrected chi connectivity index (χ0v) is 17.0. The van der Waals surface area contributed by atoms with Crippen LogP contribution < -0.4 is 21.3 Å². The number of thiocarbonyl (C=S) groups is 2. The van der Waals surface area contributed by atoms with Crippen molar-refractivity contribution in [2.75, 3.05) is 23.7 Å². The summed E-state index contributed by atoms with van der Waals surface area (Å²) >= 11 is 12.7. The second-order valence-corrected chi connectivity index (χ2v) is 9.64. The molecule has 27 heavy (non-hydrogen) atoms. The number of rotatable bonds is 6. The van der Waals surface area contributed by atoms with Crippen LogP contribution in [0.1, 0.15) is 0 Å². The largest absolute Gasteiger partial charge is 0.382 e. The molecule has 2 atom stereocenters. The van der Waals surface area contributed by atoms with Gasteiger partial charge in [0.1, 0.15) is 19.1 Å². The van der Waals surface area contributed by atoms with Crippen LogP contribution in [-0.2, 0) is 9.59 Å². The number of amides is 2. The van der Waals surface area contributed by atoms with E-state index in [1.54, 1.807) is 6.20 Å². The van der Waals surface area contributed by atoms with Crippen molar-refractivity contribution in [3.63, 3.8) is 0 Å². The zero-order chi connectivity index (χ0) is 19.0. The van der Waals surface area contributed by atoms with Crippen LogP contribution in [0.5, 0.6) is 0 Å². The van der Waals surface area contributed by atoms with Gasteiger partial charge in [0.25, 0.3) is 0 Å². The van der Waals surface area contributed by atoms with E-state index in [1.165, 1.54) is 23.5 Å². The van der Waals surface area contributed by atoms with Crippen LogP contribution in [0.3, 0.4) is 0 Å². The van der Waals surface area contributed by atoms with E-state index >= 15 is 0 Å². The smallest absolute Gasteiger partial charge is 0.240 e. The number of hydrogen-bond donors (Lipinski definition) is 5. The van der Waals surface area contributed by atoms with Crippen molar-refractivity contribution in [2.24, 2.45) is 0 Å². The summed E-state index contributed by atoms with van der Waals surface area (Å²) in [4.78, 5) is 23.8. The lowest BCUT2D eigenvalue weighted by molar-refractivity contribution is -0.119. The van der Waals surface area contributed by atoms with Gasteiger partial charge in [-0.3, -0.25) is 14.7 Å². The minimum atomic E-state index is -0.281. The highest BCUT2D eigenvalue weighted by atomic mass is 32.2. The first-order chi connectivity index (χ1) is 13.0. The van der Waals surface area contributed by atoms with Gasteiger partial charge in [-0.05, 0) is 12.1 Å². The molecule has 2 aromatic rings. The van der Waals surface area contributed by atoms with Crippen LogP contribution in [0.4, 0.5) is 11.4 Å². The molecule has 2 amide bonds. The Hall–Kier alpha value is -1.89. The summed E-state index contributed by atoms with van der Waals surface area (Å²) in [7, 11) is 0. The Morgan fingerprint density at radius 2 is 1.52 bits per heavy atom. The van der Waals surface area contributed by atoms with Crippen molar-refractivity contribution in [3.8, 4) is 0 Å². The van der Waals surface area contributed by atoms with Crippen LogP contribution in [0.2, 0.25) is 0 Å². The molecule has 5 N–H and O–H groups in total. The number of carbonyl (C=O) groups is 2. The van der Waals surface area contributed by atoms with Gasteiger partial charge in [0.2, 0.25) is 11.8 Å². The second kappa shape index (κ2) is 7.62. The van der Waals surface area contributed by atoms with E-state index in [0.29, 0.717) is 21.7 Å². The number of anilines is 2. The lowest BCUT2D eigenvalue weighted by Gasteiger charge is -2.16. The van der Waals surface area contributed by atoms with Gasteiger partial charge >= 0.3 is 0 Å². The molecule has 2 aliphatic heterocycles. The predicted molar refractivity (Wildman–Crippen MR) is 117 cm³/mol. The third-order valence-corrected chi connectivity index (χ3v) is 6.81. The average Bonchev–Trinajstić information content (AvgIpc) is 3.29. The monoisotopic (exact) mass is 438 g/mol. The molecule has 0 radical (unpaired) electrons. The number of thioether (sulfide) groups is 2. The molecule has 0 aliphatic carbocycles. The molecule has 2 fully saturated rings. The predicted octanol–water partition coefficient (Wildman–Crippen LogP) is 1.42. The Labute approximate surface area is 173 Å². The molecule has 1 aromatic carbocycles. The maximum atomic E-state index is 11.9. The van der Waals surface area contributed by atoms with E-state index in [1.807, 2.05) is 12.1 Å². The Morgan fingerprint density at radius 3 is 2.04 bits per heavy atom. The van der Waals surface area contributed by atoms with Gasteiger partial charge in [0.15, 0.2) is 0 Å². The molecule has 12 heteroatoms. The lowest BCUT2D eigenvalue weighted by Crippen LogP contribution is -2.30. The first-order valence-electron chi connectivity index (χ1n) is 7.97. The molecular weight excluding hydrogens is 424 g/mol. The molecule has 2 unspecified atom stereocenters. The molecule has 2 saturated heterocycles. The van der Waals surface area contributed by atoms with Gasteiger partial charge in [0.05, 0.1) is 23.1 Å². The normalized spacial score (nSPS) is 22.2. The van der Waals surface area contributed by atoms with E-state index < -0.39 is 0 Å². The number of benzene rings is 1. The van der Waals surface area contributed by atoms with E-state index in [2.05, 4.69) is 31.5 Å². The van der Waals surface area contributed by atoms with E-state index in [-0.39, 0.29) is 22.3 Å². The SMILES string of the molecule is O=C1NC(=S)SC1CNc1cc2cn[nH]c2cc1NCC1SC(=S)NC1=O. The number of carbonyl (C=O) groups excluding carboxylic acids is 2. The summed E-state index contributed by atoms with van der Waals surface area (Å²) in [5, 5.41) is 19.2. The Morgan fingerprint density at radius 1 is 0.963 bits per heavy atom. The zero-order valence-electron chi connectivity index (χ0n) is 13.7. The molecule has 2 aliphatic rings. The molecule has 0 bridgehead atoms. The number of fused-ring (bicyclic) bond motifs is 1. The third-order valence-electron chi connectivity index (χ3n) is 4.07. The maximum absolute atomic E-state index is 11.9. The van der Waals surface area contributed by atoms with Crippen LogP contribution in [0, 0.1) is 0 Å². The van der Waals surface area contributed by atoms with Crippen LogP contribution in [-0.4, -0.2) is 54.2 Å². The number of hydrogen-bond acceptors (Lipinski definition) is 9. The number of nitrogens with zero attached hydrogens (tertiary/aromatic N) is 1. The van der Waals surface area contributed by atoms with Crippen molar-refractivity contribution >= 4 is 90.7 Å². The van der Waals surface area contributed by atoms with Crippen LogP contribution in [0.15, 0.2) is 18.3 Å². The molecule has 8 nitrogen and oxygen atoms in total. The molecule has 140 valence electrons. The standard InChI is InChI=1S/C15H14N6O2S4/c22-12-10(26-14(24)19-12)4-16-8-1-6-3-18-21-7(6)2-9(8)17-5-11-13(23)20-15(25)27-11/h1-3,10-11,16-17H,4-5H2,(H,18,21)(H,19,22,24)(H,20,23,25). The Kier molecular flexibility index (Phi) is 5.21. The topological polar surface area (TPSA) is 111 Å². The van der Waals surface area contributed by atoms with Gasteiger partial charge < -0.3 is 21.3 Å². The minimum absolute atomic E-state index is 0.0936. The van der Waals surface area contributed by atoms with Crippen LogP contribution in [0.25, 0.3) is 10.9 Å². The summed E-state index contributed by atoms with van der Waals surface area (Å²) in [5.41, 5.74) is 2.50. The van der Waals surface area contributed by atoms with Gasteiger partial charge in [-0.2, -0.15) is 5.10 Å². The third kappa shape index (κ3) is 4.03. The van der Waals surface area contributed by atoms with Crippen molar-refractivity contribution in [1.82, 2.24) is 20.8 Å². The number of aromatic nitrogens is 2. The maximum Gasteiger partial charge on any atom is 0.240 e. The Bertz CT molecular complexity index is 887. The lowest BCUT2D eigenvalue weighted by atomic mass is 10.2. The van der Waals surface area contributed by atoms with E-state index in [9.17, 15) is 9.59 Å². The first kappa shape index (κ1) is 18.5. The van der Waals surface area contributed by atoms with Crippen LogP contribution >= 0.6 is 48.0 Å². The molecule has 1 aromatic heterocycles. The molecule has 4 rings (SSSR count). The van der Waals surface area contributed by atoms with Crippen molar-refractivity contribution < 1.29 is 9.59 Å². The van der Waals surface area contributed by atoms with Gasteiger partial charge in [-0.25, -0.2) is 0 Å². The number of aromatic amines is 1. The van der Waals surface area contributed by atoms with E-state index in [0.717, 1.165) is 22.3 Å². The Balaban J connectivity index is 1.50. The van der Waals surface area contributed by atoms with Gasteiger partial charge in [-0.1, -0.05) is 48.0 Å². The molecular formula is C15H14N6O2S4. The minimum Gasteiger partial charge on any atom is -0.382 e.